The monoisotopic (exact) mass is 420 g/mol. The van der Waals surface area contributed by atoms with E-state index in [1.54, 1.807) is 0 Å². The summed E-state index contributed by atoms with van der Waals surface area (Å²) in [4.78, 5) is 2.61. The number of anilines is 1. The zero-order valence-electron chi connectivity index (χ0n) is 16.3. The molecule has 28 heavy (non-hydrogen) atoms. The second-order valence-corrected chi connectivity index (χ2v) is 9.78. The van der Waals surface area contributed by atoms with Crippen LogP contribution < -0.4 is 4.72 Å². The van der Waals surface area contributed by atoms with Gasteiger partial charge >= 0.3 is 0 Å². The summed E-state index contributed by atoms with van der Waals surface area (Å²) in [5.41, 5.74) is 4.85. The van der Waals surface area contributed by atoms with E-state index in [1.165, 1.54) is 48.8 Å². The summed E-state index contributed by atoms with van der Waals surface area (Å²) in [5.74, 6) is 1.20. The first-order chi connectivity index (χ1) is 13.0. The summed E-state index contributed by atoms with van der Waals surface area (Å²) in [7, 11) is -3.23. The molecule has 0 aromatic heterocycles. The molecule has 1 aliphatic carbocycles. The maximum atomic E-state index is 11.5. The third-order valence-corrected chi connectivity index (χ3v) is 6.51. The molecule has 2 atom stereocenters. The summed E-state index contributed by atoms with van der Waals surface area (Å²) in [6.07, 6.45) is 5.87. The molecule has 2 aromatic carbocycles. The predicted molar refractivity (Wildman–Crippen MR) is 118 cm³/mol. The summed E-state index contributed by atoms with van der Waals surface area (Å²) < 4.78 is 25.6. The van der Waals surface area contributed by atoms with Crippen LogP contribution in [0.4, 0.5) is 5.69 Å². The molecule has 1 N–H and O–H groups in total. The van der Waals surface area contributed by atoms with E-state index in [0.29, 0.717) is 17.5 Å². The fraction of sp³-hybridized carbons (Fsp3) is 0.455. The summed E-state index contributed by atoms with van der Waals surface area (Å²) in [6.45, 7) is 3.41. The minimum absolute atomic E-state index is 0. The van der Waals surface area contributed by atoms with Gasteiger partial charge < -0.3 is 4.90 Å². The highest BCUT2D eigenvalue weighted by Gasteiger charge is 2.28. The van der Waals surface area contributed by atoms with Crippen LogP contribution in [0, 0.1) is 0 Å². The second kappa shape index (κ2) is 8.85. The number of sulfonamides is 1. The molecule has 0 bridgehead atoms. The molecule has 1 aliphatic heterocycles. The van der Waals surface area contributed by atoms with E-state index < -0.39 is 10.0 Å². The standard InChI is InChI=1S/C22H28N2O2S.ClH/c1-27(25,26)23-21-10-11-22-18(14-21)8-5-9-20(22)16-24-13-12-19(15-24)17-6-3-2-4-7-17;/h2-4,6-7,10-11,14,19-20,23H,5,8-9,12-13,15-16H2,1H3;1H. The number of hydrogen-bond acceptors (Lipinski definition) is 3. The van der Waals surface area contributed by atoms with E-state index in [4.69, 9.17) is 0 Å². The van der Waals surface area contributed by atoms with E-state index in [1.807, 2.05) is 12.1 Å². The lowest BCUT2D eigenvalue weighted by Crippen LogP contribution is -2.28. The Hall–Kier alpha value is -1.56. The van der Waals surface area contributed by atoms with E-state index >= 15 is 0 Å². The van der Waals surface area contributed by atoms with Gasteiger partial charge in [-0.3, -0.25) is 4.72 Å². The van der Waals surface area contributed by atoms with Crippen molar-refractivity contribution in [3.63, 3.8) is 0 Å². The number of nitrogens with zero attached hydrogens (tertiary/aromatic N) is 1. The maximum Gasteiger partial charge on any atom is 0.229 e. The topological polar surface area (TPSA) is 49.4 Å². The zero-order chi connectivity index (χ0) is 18.9. The first kappa shape index (κ1) is 21.2. The minimum Gasteiger partial charge on any atom is -0.302 e. The number of fused-ring (bicyclic) bond motifs is 1. The molecule has 2 unspecified atom stereocenters. The van der Waals surface area contributed by atoms with Crippen LogP contribution in [0.2, 0.25) is 0 Å². The molecule has 1 heterocycles. The molecule has 1 saturated heterocycles. The van der Waals surface area contributed by atoms with Crippen molar-refractivity contribution in [2.75, 3.05) is 30.6 Å². The highest BCUT2D eigenvalue weighted by Crippen LogP contribution is 2.36. The summed E-state index contributed by atoms with van der Waals surface area (Å²) >= 11 is 0. The van der Waals surface area contributed by atoms with Crippen molar-refractivity contribution >= 4 is 28.1 Å². The van der Waals surface area contributed by atoms with Gasteiger partial charge in [0.25, 0.3) is 0 Å². The van der Waals surface area contributed by atoms with Gasteiger partial charge in [0.2, 0.25) is 10.0 Å². The van der Waals surface area contributed by atoms with E-state index in [-0.39, 0.29) is 12.4 Å². The van der Waals surface area contributed by atoms with E-state index in [2.05, 4.69) is 46.0 Å². The molecule has 4 nitrogen and oxygen atoms in total. The van der Waals surface area contributed by atoms with Crippen LogP contribution in [0.1, 0.15) is 47.8 Å². The van der Waals surface area contributed by atoms with E-state index in [0.717, 1.165) is 19.5 Å². The van der Waals surface area contributed by atoms with Crippen molar-refractivity contribution in [2.24, 2.45) is 0 Å². The molecule has 0 saturated carbocycles. The third kappa shape index (κ3) is 5.07. The number of aryl methyl sites for hydroxylation is 1. The van der Waals surface area contributed by atoms with Crippen LogP contribution in [0.25, 0.3) is 0 Å². The molecule has 6 heteroatoms. The molecular formula is C22H29ClN2O2S. The van der Waals surface area contributed by atoms with Crippen LogP contribution in [0.15, 0.2) is 48.5 Å². The van der Waals surface area contributed by atoms with Crippen molar-refractivity contribution in [1.29, 1.82) is 0 Å². The highest BCUT2D eigenvalue weighted by molar-refractivity contribution is 7.92. The lowest BCUT2D eigenvalue weighted by Gasteiger charge is -2.30. The number of likely N-dealkylation sites (tertiary alicyclic amines) is 1. The molecule has 2 aliphatic rings. The van der Waals surface area contributed by atoms with Crippen molar-refractivity contribution in [3.05, 3.63) is 65.2 Å². The first-order valence-corrected chi connectivity index (χ1v) is 11.7. The SMILES string of the molecule is CS(=O)(=O)Nc1ccc2c(c1)CCCC2CN1CCC(c2ccccc2)C1.Cl. The van der Waals surface area contributed by atoms with Crippen molar-refractivity contribution in [2.45, 2.75) is 37.5 Å². The number of hydrogen-bond donors (Lipinski definition) is 1. The Morgan fingerprint density at radius 2 is 1.89 bits per heavy atom. The Labute approximate surface area is 174 Å². The van der Waals surface area contributed by atoms with Gasteiger partial charge in [0.05, 0.1) is 6.26 Å². The van der Waals surface area contributed by atoms with Gasteiger partial charge in [0, 0.05) is 18.8 Å². The summed E-state index contributed by atoms with van der Waals surface area (Å²) in [5, 5.41) is 0. The number of nitrogens with one attached hydrogen (secondary N) is 1. The third-order valence-electron chi connectivity index (χ3n) is 5.91. The molecule has 2 aromatic rings. The summed E-state index contributed by atoms with van der Waals surface area (Å²) in [6, 6.07) is 16.9. The predicted octanol–water partition coefficient (Wildman–Crippen LogP) is 4.39. The van der Waals surface area contributed by atoms with Crippen LogP contribution >= 0.6 is 12.4 Å². The largest absolute Gasteiger partial charge is 0.302 e. The Balaban J connectivity index is 0.00000225. The van der Waals surface area contributed by atoms with Gasteiger partial charge in [-0.05, 0) is 72.9 Å². The Bertz CT molecular complexity index is 902. The molecule has 152 valence electrons. The van der Waals surface area contributed by atoms with Crippen molar-refractivity contribution in [3.8, 4) is 0 Å². The normalized spacial score (nSPS) is 22.3. The quantitative estimate of drug-likeness (QED) is 0.780. The van der Waals surface area contributed by atoms with E-state index in [9.17, 15) is 8.42 Å². The second-order valence-electron chi connectivity index (χ2n) is 8.03. The Morgan fingerprint density at radius 1 is 1.11 bits per heavy atom. The molecular weight excluding hydrogens is 392 g/mol. The van der Waals surface area contributed by atoms with Crippen molar-refractivity contribution in [1.82, 2.24) is 4.90 Å². The van der Waals surface area contributed by atoms with Crippen LogP contribution in [-0.4, -0.2) is 39.2 Å². The molecule has 0 amide bonds. The highest BCUT2D eigenvalue weighted by atomic mass is 35.5. The number of halogens is 1. The lowest BCUT2D eigenvalue weighted by atomic mass is 9.82. The van der Waals surface area contributed by atoms with Gasteiger partial charge in [-0.15, -0.1) is 12.4 Å². The molecule has 4 rings (SSSR count). The number of benzene rings is 2. The Morgan fingerprint density at radius 3 is 2.64 bits per heavy atom. The van der Waals surface area contributed by atoms with Crippen LogP contribution in [-0.2, 0) is 16.4 Å². The smallest absolute Gasteiger partial charge is 0.229 e. The maximum absolute atomic E-state index is 11.5. The van der Waals surface area contributed by atoms with Gasteiger partial charge in [0.1, 0.15) is 0 Å². The first-order valence-electron chi connectivity index (χ1n) is 9.86. The number of rotatable bonds is 5. The molecule has 0 radical (unpaired) electrons. The van der Waals surface area contributed by atoms with Crippen LogP contribution in [0.5, 0.6) is 0 Å². The minimum atomic E-state index is -3.23. The van der Waals surface area contributed by atoms with Gasteiger partial charge in [0.15, 0.2) is 0 Å². The average molecular weight is 421 g/mol. The molecule has 0 spiro atoms. The Kier molecular flexibility index (Phi) is 6.69. The zero-order valence-corrected chi connectivity index (χ0v) is 17.9. The van der Waals surface area contributed by atoms with Gasteiger partial charge in [-0.1, -0.05) is 36.4 Å². The fourth-order valence-corrected chi connectivity index (χ4v) is 5.24. The lowest BCUT2D eigenvalue weighted by molar-refractivity contribution is 0.297. The fourth-order valence-electron chi connectivity index (χ4n) is 4.69. The van der Waals surface area contributed by atoms with Crippen molar-refractivity contribution < 1.29 is 8.42 Å². The van der Waals surface area contributed by atoms with Gasteiger partial charge in [-0.25, -0.2) is 8.42 Å². The average Bonchev–Trinajstić information content (AvgIpc) is 3.10. The van der Waals surface area contributed by atoms with Crippen LogP contribution in [0.3, 0.4) is 0 Å². The van der Waals surface area contributed by atoms with Gasteiger partial charge in [-0.2, -0.15) is 0 Å². The molecule has 1 fully saturated rings.